The minimum Gasteiger partial charge on any atom is -0.480 e. The number of aliphatic carboxylic acids is 1. The first kappa shape index (κ1) is 35.3. The number of hydrogen-bond acceptors (Lipinski definition) is 6. The van der Waals surface area contributed by atoms with Crippen LogP contribution in [0.3, 0.4) is 0 Å². The van der Waals surface area contributed by atoms with E-state index >= 15 is 0 Å². The van der Waals surface area contributed by atoms with Crippen molar-refractivity contribution in [3.05, 3.63) is 149 Å². The van der Waals surface area contributed by atoms with Crippen LogP contribution in [0.25, 0.3) is 34.0 Å². The van der Waals surface area contributed by atoms with Crippen molar-refractivity contribution in [3.8, 4) is 34.0 Å². The first-order valence-corrected chi connectivity index (χ1v) is 16.4. The zero-order valence-electron chi connectivity index (χ0n) is 28.3. The fraction of sp³-hybridized carbons (Fsp3) is 0.146. The lowest BCUT2D eigenvalue weighted by Crippen LogP contribution is -2.35. The van der Waals surface area contributed by atoms with Gasteiger partial charge in [0.25, 0.3) is 17.7 Å². The molecule has 0 atom stereocenters. The van der Waals surface area contributed by atoms with Crippen molar-refractivity contribution in [1.29, 1.82) is 0 Å². The monoisotopic (exact) mass is 700 g/mol. The quantitative estimate of drug-likeness (QED) is 0.131. The van der Waals surface area contributed by atoms with Gasteiger partial charge in [0, 0.05) is 41.4 Å². The second kappa shape index (κ2) is 15.2. The van der Waals surface area contributed by atoms with E-state index in [1.807, 2.05) is 31.2 Å². The van der Waals surface area contributed by atoms with E-state index in [4.69, 9.17) is 4.52 Å². The molecule has 2 N–H and O–H groups in total. The number of rotatable bonds is 12. The Labute approximate surface area is 298 Å². The third-order valence-electron chi connectivity index (χ3n) is 8.36. The molecule has 0 radical (unpaired) electrons. The number of aryl methyl sites for hydroxylation is 1. The molecule has 0 unspecified atom stereocenters. The van der Waals surface area contributed by atoms with Gasteiger partial charge in [-0.05, 0) is 71.6 Å². The van der Waals surface area contributed by atoms with Gasteiger partial charge in [-0.15, -0.1) is 0 Å². The predicted molar refractivity (Wildman–Crippen MR) is 193 cm³/mol. The van der Waals surface area contributed by atoms with Gasteiger partial charge in [-0.1, -0.05) is 89.6 Å². The SMILES string of the molecule is Cc1ccc(-c2ccc(-c3nc(-c4ccc(CN(CC(=O)O)C(=O)c5ccc(NC(=O)Cc6cccc(C(C)(F)F)c6)cc5)cc4)no3)cc2)cc1. The van der Waals surface area contributed by atoms with Gasteiger partial charge in [0.2, 0.25) is 11.7 Å². The third-order valence-corrected chi connectivity index (χ3v) is 8.36. The summed E-state index contributed by atoms with van der Waals surface area (Å²) in [5.41, 5.74) is 6.38. The van der Waals surface area contributed by atoms with Crippen molar-refractivity contribution in [1.82, 2.24) is 15.0 Å². The highest BCUT2D eigenvalue weighted by molar-refractivity contribution is 5.97. The number of carbonyl (C=O) groups excluding carboxylic acids is 2. The molecule has 0 aliphatic carbocycles. The van der Waals surface area contributed by atoms with Gasteiger partial charge >= 0.3 is 5.97 Å². The van der Waals surface area contributed by atoms with Crippen LogP contribution < -0.4 is 5.32 Å². The zero-order valence-corrected chi connectivity index (χ0v) is 28.3. The van der Waals surface area contributed by atoms with E-state index in [1.165, 1.54) is 52.9 Å². The molecule has 0 saturated carbocycles. The van der Waals surface area contributed by atoms with Crippen molar-refractivity contribution in [2.24, 2.45) is 0 Å². The van der Waals surface area contributed by atoms with Gasteiger partial charge < -0.3 is 19.8 Å². The van der Waals surface area contributed by atoms with Crippen molar-refractivity contribution in [2.75, 3.05) is 11.9 Å². The number of alkyl halides is 2. The van der Waals surface area contributed by atoms with E-state index in [0.29, 0.717) is 34.1 Å². The molecule has 0 saturated heterocycles. The maximum atomic E-state index is 13.7. The molecule has 9 nitrogen and oxygen atoms in total. The Balaban J connectivity index is 1.08. The van der Waals surface area contributed by atoms with Crippen LogP contribution in [0.1, 0.15) is 39.5 Å². The number of carbonyl (C=O) groups is 3. The first-order valence-electron chi connectivity index (χ1n) is 16.4. The van der Waals surface area contributed by atoms with E-state index in [2.05, 4.69) is 39.7 Å². The van der Waals surface area contributed by atoms with Crippen molar-refractivity contribution in [3.63, 3.8) is 0 Å². The number of anilines is 1. The van der Waals surface area contributed by atoms with Gasteiger partial charge in [0.05, 0.1) is 6.42 Å². The normalized spacial score (nSPS) is 11.2. The Morgan fingerprint density at radius 3 is 2.04 bits per heavy atom. The van der Waals surface area contributed by atoms with Crippen molar-refractivity contribution < 1.29 is 32.8 Å². The fourth-order valence-electron chi connectivity index (χ4n) is 5.58. The number of halogens is 2. The number of hydrogen-bond donors (Lipinski definition) is 2. The fourth-order valence-corrected chi connectivity index (χ4v) is 5.58. The van der Waals surface area contributed by atoms with Crippen LogP contribution in [0, 0.1) is 6.92 Å². The van der Waals surface area contributed by atoms with Crippen LogP contribution in [-0.2, 0) is 28.5 Å². The summed E-state index contributed by atoms with van der Waals surface area (Å²) in [6.45, 7) is 2.32. The Morgan fingerprint density at radius 2 is 1.40 bits per heavy atom. The van der Waals surface area contributed by atoms with Gasteiger partial charge in [0.15, 0.2) is 0 Å². The second-order valence-corrected chi connectivity index (χ2v) is 12.5. The van der Waals surface area contributed by atoms with Crippen molar-refractivity contribution in [2.45, 2.75) is 32.7 Å². The number of carboxylic acids is 1. The van der Waals surface area contributed by atoms with E-state index in [0.717, 1.165) is 23.6 Å². The standard InChI is InChI=1S/C41H34F2N4O5/c1-26-6-10-29(11-7-26)30-14-16-32(17-15-30)39-45-38(46-52-39)31-12-8-27(9-13-31)24-47(25-37(49)50)40(51)33-18-20-35(21-19-33)44-36(48)23-28-4-3-5-34(22-28)41(2,42)43/h3-22H,23-25H2,1-2H3,(H,44,48)(H,49,50). The smallest absolute Gasteiger partial charge is 0.323 e. The molecule has 1 heterocycles. The average molecular weight is 701 g/mol. The highest BCUT2D eigenvalue weighted by atomic mass is 19.3. The van der Waals surface area contributed by atoms with E-state index in [-0.39, 0.29) is 24.1 Å². The summed E-state index contributed by atoms with van der Waals surface area (Å²) in [4.78, 5) is 43.4. The number of amides is 2. The lowest BCUT2D eigenvalue weighted by molar-refractivity contribution is -0.137. The second-order valence-electron chi connectivity index (χ2n) is 12.5. The summed E-state index contributed by atoms with van der Waals surface area (Å²) in [5, 5.41) is 16.4. The first-order chi connectivity index (χ1) is 24.9. The zero-order chi connectivity index (χ0) is 36.8. The van der Waals surface area contributed by atoms with Gasteiger partial charge in [-0.25, -0.2) is 8.78 Å². The molecule has 5 aromatic carbocycles. The molecule has 0 fully saturated rings. The summed E-state index contributed by atoms with van der Waals surface area (Å²) in [5.74, 6) is -4.39. The van der Waals surface area contributed by atoms with E-state index in [1.54, 1.807) is 30.3 Å². The molecule has 11 heteroatoms. The molecule has 0 bridgehead atoms. The number of benzene rings is 5. The summed E-state index contributed by atoms with van der Waals surface area (Å²) in [6.07, 6.45) is -0.119. The number of nitrogens with one attached hydrogen (secondary N) is 1. The van der Waals surface area contributed by atoms with Crippen molar-refractivity contribution >= 4 is 23.5 Å². The maximum Gasteiger partial charge on any atom is 0.323 e. The molecular weight excluding hydrogens is 666 g/mol. The molecule has 6 rings (SSSR count). The maximum absolute atomic E-state index is 13.7. The molecule has 0 aliphatic rings. The molecular formula is C41H34F2N4O5. The highest BCUT2D eigenvalue weighted by Gasteiger charge is 2.24. The molecule has 0 spiro atoms. The largest absolute Gasteiger partial charge is 0.480 e. The summed E-state index contributed by atoms with van der Waals surface area (Å²) in [7, 11) is 0. The molecule has 0 aliphatic heterocycles. The van der Waals surface area contributed by atoms with Gasteiger partial charge in [-0.3, -0.25) is 14.4 Å². The van der Waals surface area contributed by atoms with Gasteiger partial charge in [0.1, 0.15) is 6.54 Å². The lowest BCUT2D eigenvalue weighted by Gasteiger charge is -2.21. The molecule has 52 heavy (non-hydrogen) atoms. The minimum atomic E-state index is -3.02. The highest BCUT2D eigenvalue weighted by Crippen LogP contribution is 2.28. The van der Waals surface area contributed by atoms with Crippen LogP contribution in [-0.4, -0.2) is 44.5 Å². The van der Waals surface area contributed by atoms with E-state index in [9.17, 15) is 28.3 Å². The summed E-state index contributed by atoms with van der Waals surface area (Å²) in [6, 6.07) is 34.9. The van der Waals surface area contributed by atoms with Crippen LogP contribution in [0.15, 0.2) is 126 Å². The summed E-state index contributed by atoms with van der Waals surface area (Å²) >= 11 is 0. The molecule has 2 amide bonds. The Morgan fingerprint density at radius 1 is 0.788 bits per heavy atom. The topological polar surface area (TPSA) is 126 Å². The average Bonchev–Trinajstić information content (AvgIpc) is 3.62. The Kier molecular flexibility index (Phi) is 10.3. The number of carboxylic acid groups (broad SMARTS) is 1. The predicted octanol–water partition coefficient (Wildman–Crippen LogP) is 8.40. The van der Waals surface area contributed by atoms with E-state index < -0.39 is 30.3 Å². The number of aromatic nitrogens is 2. The molecule has 1 aromatic heterocycles. The Bertz CT molecular complexity index is 2190. The summed E-state index contributed by atoms with van der Waals surface area (Å²) < 4.78 is 32.9. The molecule has 262 valence electrons. The van der Waals surface area contributed by atoms with Crippen LogP contribution in [0.4, 0.5) is 14.5 Å². The van der Waals surface area contributed by atoms with Crippen LogP contribution >= 0.6 is 0 Å². The van der Waals surface area contributed by atoms with Crippen LogP contribution in [0.5, 0.6) is 0 Å². The Hall–Kier alpha value is -6.49. The van der Waals surface area contributed by atoms with Gasteiger partial charge in [-0.2, -0.15) is 4.98 Å². The third kappa shape index (κ3) is 8.80. The lowest BCUT2D eigenvalue weighted by atomic mass is 10.0. The van der Waals surface area contributed by atoms with Crippen LogP contribution in [0.2, 0.25) is 0 Å². The minimum absolute atomic E-state index is 0.0184. The number of nitrogens with zero attached hydrogens (tertiary/aromatic N) is 3. The molecule has 6 aromatic rings.